The molecule has 17 heavy (non-hydrogen) atoms. The van der Waals surface area contributed by atoms with Crippen LogP contribution in [0.1, 0.15) is 42.0 Å². The summed E-state index contributed by atoms with van der Waals surface area (Å²) in [6.07, 6.45) is 4.50. The number of fused-ring (bicyclic) bond motifs is 1. The summed E-state index contributed by atoms with van der Waals surface area (Å²) in [6, 6.07) is 2.12. The van der Waals surface area contributed by atoms with E-state index in [1.807, 2.05) is 0 Å². The summed E-state index contributed by atoms with van der Waals surface area (Å²) >= 11 is 0. The predicted molar refractivity (Wildman–Crippen MR) is 68.8 cm³/mol. The van der Waals surface area contributed by atoms with E-state index in [1.54, 1.807) is 14.2 Å². The van der Waals surface area contributed by atoms with Gasteiger partial charge >= 0.3 is 0 Å². The molecule has 1 aromatic rings. The molecule has 1 atom stereocenters. The molecule has 94 valence electrons. The summed E-state index contributed by atoms with van der Waals surface area (Å²) in [5.74, 6) is 1.61. The molecular weight excluding hydrogens is 214 g/mol. The molecule has 0 radical (unpaired) electrons. The van der Waals surface area contributed by atoms with Crippen LogP contribution in [0, 0.1) is 6.92 Å². The van der Waals surface area contributed by atoms with E-state index in [0.29, 0.717) is 0 Å². The lowest BCUT2D eigenvalue weighted by Crippen LogP contribution is -2.13. The Kier molecular flexibility index (Phi) is 3.57. The van der Waals surface area contributed by atoms with E-state index in [9.17, 15) is 0 Å². The number of ether oxygens (including phenoxy) is 2. The van der Waals surface area contributed by atoms with Gasteiger partial charge in [-0.25, -0.2) is 0 Å². The van der Waals surface area contributed by atoms with Crippen LogP contribution in [0.15, 0.2) is 6.07 Å². The molecule has 2 N–H and O–H groups in total. The second-order valence-corrected chi connectivity index (χ2v) is 4.67. The van der Waals surface area contributed by atoms with Crippen molar-refractivity contribution in [2.75, 3.05) is 14.2 Å². The van der Waals surface area contributed by atoms with Gasteiger partial charge in [0.1, 0.15) is 0 Å². The number of rotatable bonds is 2. The topological polar surface area (TPSA) is 44.5 Å². The molecule has 0 saturated heterocycles. The molecule has 0 spiro atoms. The number of hydrogen-bond donors (Lipinski definition) is 1. The molecule has 1 aromatic carbocycles. The van der Waals surface area contributed by atoms with Crippen LogP contribution < -0.4 is 15.2 Å². The highest BCUT2D eigenvalue weighted by molar-refractivity contribution is 5.56. The van der Waals surface area contributed by atoms with Crippen LogP contribution in [-0.4, -0.2) is 14.2 Å². The van der Waals surface area contributed by atoms with Gasteiger partial charge < -0.3 is 15.2 Å². The van der Waals surface area contributed by atoms with Crippen molar-refractivity contribution < 1.29 is 9.47 Å². The minimum absolute atomic E-state index is 0.0660. The Morgan fingerprint density at radius 2 is 2.00 bits per heavy atom. The first-order valence-corrected chi connectivity index (χ1v) is 6.19. The molecule has 1 aliphatic rings. The van der Waals surface area contributed by atoms with Gasteiger partial charge in [0.05, 0.1) is 14.2 Å². The monoisotopic (exact) mass is 235 g/mol. The fourth-order valence-electron chi connectivity index (χ4n) is 2.73. The number of hydrogen-bond acceptors (Lipinski definition) is 3. The average molecular weight is 235 g/mol. The van der Waals surface area contributed by atoms with Gasteiger partial charge in [0, 0.05) is 11.6 Å². The molecule has 1 unspecified atom stereocenters. The molecular formula is C14H21NO2. The minimum atomic E-state index is 0.0660. The molecule has 0 aliphatic heterocycles. The normalized spacial score (nSPS) is 19.4. The highest BCUT2D eigenvalue weighted by Gasteiger charge is 2.24. The van der Waals surface area contributed by atoms with E-state index in [1.165, 1.54) is 24.0 Å². The number of nitrogens with two attached hydrogens (primary N) is 1. The summed E-state index contributed by atoms with van der Waals surface area (Å²) in [7, 11) is 3.36. The summed E-state index contributed by atoms with van der Waals surface area (Å²) in [4.78, 5) is 0. The predicted octanol–water partition coefficient (Wildman–Crippen LogP) is 2.74. The SMILES string of the molecule is COc1cc(C)c2c(c1OC)C(N)CCCC2. The lowest BCUT2D eigenvalue weighted by molar-refractivity contribution is 0.348. The van der Waals surface area contributed by atoms with Crippen molar-refractivity contribution in [2.24, 2.45) is 5.73 Å². The molecule has 0 saturated carbocycles. The smallest absolute Gasteiger partial charge is 0.165 e. The first-order chi connectivity index (χ1) is 8.19. The van der Waals surface area contributed by atoms with E-state index >= 15 is 0 Å². The van der Waals surface area contributed by atoms with Crippen LogP contribution in [0.3, 0.4) is 0 Å². The van der Waals surface area contributed by atoms with E-state index in [2.05, 4.69) is 13.0 Å². The van der Waals surface area contributed by atoms with Crippen LogP contribution in [0.4, 0.5) is 0 Å². The van der Waals surface area contributed by atoms with Gasteiger partial charge in [-0.2, -0.15) is 0 Å². The van der Waals surface area contributed by atoms with Crippen LogP contribution in [0.5, 0.6) is 11.5 Å². The molecule has 3 heteroatoms. The standard InChI is InChI=1S/C14H21NO2/c1-9-8-12(16-2)14(17-3)13-10(9)6-4-5-7-11(13)15/h8,11H,4-7,15H2,1-3H3. The Bertz CT molecular complexity index is 415. The second-order valence-electron chi connectivity index (χ2n) is 4.67. The molecule has 0 bridgehead atoms. The van der Waals surface area contributed by atoms with Crippen molar-refractivity contribution in [2.45, 2.75) is 38.6 Å². The van der Waals surface area contributed by atoms with Gasteiger partial charge in [0.15, 0.2) is 11.5 Å². The second kappa shape index (κ2) is 4.96. The van der Waals surface area contributed by atoms with E-state index in [-0.39, 0.29) is 6.04 Å². The maximum Gasteiger partial charge on any atom is 0.165 e. The summed E-state index contributed by atoms with van der Waals surface area (Å²) in [5, 5.41) is 0. The van der Waals surface area contributed by atoms with Crippen LogP contribution in [-0.2, 0) is 6.42 Å². The first-order valence-electron chi connectivity index (χ1n) is 6.19. The highest BCUT2D eigenvalue weighted by atomic mass is 16.5. The average Bonchev–Trinajstić information content (AvgIpc) is 2.52. The number of aryl methyl sites for hydroxylation is 1. The van der Waals surface area contributed by atoms with Crippen molar-refractivity contribution >= 4 is 0 Å². The third kappa shape index (κ3) is 2.12. The Morgan fingerprint density at radius 1 is 1.24 bits per heavy atom. The molecule has 1 aliphatic carbocycles. The van der Waals surface area contributed by atoms with Crippen LogP contribution in [0.2, 0.25) is 0 Å². The van der Waals surface area contributed by atoms with Gasteiger partial charge in [-0.05, 0) is 43.4 Å². The summed E-state index contributed by atoms with van der Waals surface area (Å²) in [5.41, 5.74) is 10.0. The maximum atomic E-state index is 6.28. The highest BCUT2D eigenvalue weighted by Crippen LogP contribution is 2.42. The van der Waals surface area contributed by atoms with Crippen molar-refractivity contribution in [1.29, 1.82) is 0 Å². The van der Waals surface area contributed by atoms with E-state index in [0.717, 1.165) is 29.9 Å². The number of benzene rings is 1. The lowest BCUT2D eigenvalue weighted by atomic mass is 9.94. The van der Waals surface area contributed by atoms with Gasteiger partial charge in [0.2, 0.25) is 0 Å². The zero-order chi connectivity index (χ0) is 12.4. The number of methoxy groups -OCH3 is 2. The molecule has 0 heterocycles. The van der Waals surface area contributed by atoms with Gasteiger partial charge in [0.25, 0.3) is 0 Å². The summed E-state index contributed by atoms with van der Waals surface area (Å²) < 4.78 is 10.9. The summed E-state index contributed by atoms with van der Waals surface area (Å²) in [6.45, 7) is 2.12. The maximum absolute atomic E-state index is 6.28. The van der Waals surface area contributed by atoms with Crippen molar-refractivity contribution in [3.8, 4) is 11.5 Å². The fourth-order valence-corrected chi connectivity index (χ4v) is 2.73. The van der Waals surface area contributed by atoms with E-state index in [4.69, 9.17) is 15.2 Å². The van der Waals surface area contributed by atoms with Crippen molar-refractivity contribution in [3.63, 3.8) is 0 Å². The lowest BCUT2D eigenvalue weighted by Gasteiger charge is -2.21. The van der Waals surface area contributed by atoms with Gasteiger partial charge in [-0.15, -0.1) is 0 Å². The molecule has 3 nitrogen and oxygen atoms in total. The molecule has 0 aromatic heterocycles. The van der Waals surface area contributed by atoms with Gasteiger partial charge in [-0.1, -0.05) is 6.42 Å². The molecule has 2 rings (SSSR count). The van der Waals surface area contributed by atoms with E-state index < -0.39 is 0 Å². The molecule has 0 fully saturated rings. The third-order valence-electron chi connectivity index (χ3n) is 3.60. The quantitative estimate of drug-likeness (QED) is 0.802. The molecule has 0 amide bonds. The largest absolute Gasteiger partial charge is 0.493 e. The van der Waals surface area contributed by atoms with Crippen molar-refractivity contribution in [3.05, 3.63) is 22.8 Å². The Hall–Kier alpha value is -1.22. The minimum Gasteiger partial charge on any atom is -0.493 e. The van der Waals surface area contributed by atoms with Crippen LogP contribution >= 0.6 is 0 Å². The fraction of sp³-hybridized carbons (Fsp3) is 0.571. The Balaban J connectivity index is 2.64. The van der Waals surface area contributed by atoms with Crippen molar-refractivity contribution in [1.82, 2.24) is 0 Å². The van der Waals surface area contributed by atoms with Crippen LogP contribution in [0.25, 0.3) is 0 Å². The first kappa shape index (κ1) is 12.2. The Morgan fingerprint density at radius 3 is 2.65 bits per heavy atom. The zero-order valence-corrected chi connectivity index (χ0v) is 10.9. The van der Waals surface area contributed by atoms with Gasteiger partial charge in [-0.3, -0.25) is 0 Å². The Labute approximate surface area is 103 Å². The zero-order valence-electron chi connectivity index (χ0n) is 10.9. The third-order valence-corrected chi connectivity index (χ3v) is 3.60.